The Labute approximate surface area is 125 Å². The van der Waals surface area contributed by atoms with Gasteiger partial charge in [-0.1, -0.05) is 6.58 Å². The van der Waals surface area contributed by atoms with E-state index in [1.807, 2.05) is 0 Å². The number of aromatic nitrogens is 2. The second-order valence-electron chi connectivity index (χ2n) is 5.18. The van der Waals surface area contributed by atoms with Crippen LogP contribution >= 0.6 is 0 Å². The standard InChI is InChI=1S/C14H14N4O4/c1-2-11(19)18-6-14(22,7-18)10-5-16-12-9(10)3-8(4-15-12)17-13(20)21/h2-5,17,22H,1,6-7H2,(H,15,16)(H,20,21). The zero-order valence-electron chi connectivity index (χ0n) is 11.5. The van der Waals surface area contributed by atoms with Crippen molar-refractivity contribution in [2.45, 2.75) is 5.60 Å². The van der Waals surface area contributed by atoms with Crippen molar-refractivity contribution >= 4 is 28.7 Å². The maximum absolute atomic E-state index is 11.5. The molecule has 0 radical (unpaired) electrons. The molecular weight excluding hydrogens is 288 g/mol. The molecule has 1 saturated heterocycles. The number of pyridine rings is 1. The lowest BCUT2D eigenvalue weighted by Crippen LogP contribution is -2.60. The van der Waals surface area contributed by atoms with Crippen LogP contribution in [0.1, 0.15) is 5.56 Å². The predicted octanol–water partition coefficient (Wildman–Crippen LogP) is 0.869. The number of amides is 2. The number of likely N-dealkylation sites (tertiary alicyclic amines) is 1. The van der Waals surface area contributed by atoms with E-state index in [9.17, 15) is 14.7 Å². The number of carbonyl (C=O) groups excluding carboxylic acids is 1. The maximum Gasteiger partial charge on any atom is 0.409 e. The van der Waals surface area contributed by atoms with Crippen molar-refractivity contribution < 1.29 is 19.8 Å². The lowest BCUT2D eigenvalue weighted by molar-refractivity contribution is -0.151. The Morgan fingerprint density at radius 2 is 2.23 bits per heavy atom. The van der Waals surface area contributed by atoms with Crippen LogP contribution in [0.3, 0.4) is 0 Å². The molecule has 1 fully saturated rings. The second kappa shape index (κ2) is 4.85. The third kappa shape index (κ3) is 2.19. The first kappa shape index (κ1) is 14.1. The molecule has 0 saturated carbocycles. The number of carbonyl (C=O) groups is 2. The van der Waals surface area contributed by atoms with E-state index in [0.717, 1.165) is 0 Å². The minimum atomic E-state index is -1.19. The number of β-amino-alcohol motifs (C(OH)–C–C–N with tert-alkyl or cyclic N) is 1. The van der Waals surface area contributed by atoms with Gasteiger partial charge in [-0.25, -0.2) is 9.78 Å². The van der Waals surface area contributed by atoms with Crippen molar-refractivity contribution in [2.24, 2.45) is 0 Å². The number of aliphatic hydroxyl groups is 1. The average molecular weight is 302 g/mol. The molecule has 0 aromatic carbocycles. The van der Waals surface area contributed by atoms with Crippen LogP contribution in [-0.2, 0) is 10.4 Å². The van der Waals surface area contributed by atoms with Gasteiger partial charge in [0.1, 0.15) is 11.2 Å². The normalized spacial score (nSPS) is 16.1. The van der Waals surface area contributed by atoms with Gasteiger partial charge in [-0.2, -0.15) is 0 Å². The summed E-state index contributed by atoms with van der Waals surface area (Å²) < 4.78 is 0. The largest absolute Gasteiger partial charge is 0.465 e. The summed E-state index contributed by atoms with van der Waals surface area (Å²) in [5, 5.41) is 22.2. The molecule has 3 heterocycles. The molecule has 0 atom stereocenters. The smallest absolute Gasteiger partial charge is 0.409 e. The maximum atomic E-state index is 11.5. The fourth-order valence-electron chi connectivity index (χ4n) is 2.62. The van der Waals surface area contributed by atoms with E-state index in [2.05, 4.69) is 21.9 Å². The van der Waals surface area contributed by atoms with E-state index in [4.69, 9.17) is 5.11 Å². The van der Waals surface area contributed by atoms with Crippen LogP contribution in [0.5, 0.6) is 0 Å². The lowest BCUT2D eigenvalue weighted by atomic mass is 9.86. The van der Waals surface area contributed by atoms with E-state index in [-0.39, 0.29) is 19.0 Å². The van der Waals surface area contributed by atoms with Crippen molar-refractivity contribution in [1.29, 1.82) is 0 Å². The van der Waals surface area contributed by atoms with Crippen molar-refractivity contribution in [3.8, 4) is 0 Å². The zero-order valence-corrected chi connectivity index (χ0v) is 11.5. The van der Waals surface area contributed by atoms with Crippen molar-refractivity contribution in [2.75, 3.05) is 18.4 Å². The molecule has 1 aliphatic heterocycles. The summed E-state index contributed by atoms with van der Waals surface area (Å²) in [7, 11) is 0. The molecular formula is C14H14N4O4. The van der Waals surface area contributed by atoms with E-state index in [1.54, 1.807) is 12.3 Å². The Hall–Kier alpha value is -2.87. The van der Waals surface area contributed by atoms with Gasteiger partial charge in [0.25, 0.3) is 0 Å². The van der Waals surface area contributed by atoms with Gasteiger partial charge in [-0.05, 0) is 12.1 Å². The molecule has 2 aromatic rings. The van der Waals surface area contributed by atoms with E-state index < -0.39 is 11.7 Å². The molecule has 0 unspecified atom stereocenters. The summed E-state index contributed by atoms with van der Waals surface area (Å²) >= 11 is 0. The van der Waals surface area contributed by atoms with Crippen molar-refractivity contribution in [3.05, 3.63) is 36.7 Å². The summed E-state index contributed by atoms with van der Waals surface area (Å²) in [5.41, 5.74) is 0.244. The first-order valence-corrected chi connectivity index (χ1v) is 6.54. The first-order valence-electron chi connectivity index (χ1n) is 6.54. The van der Waals surface area contributed by atoms with Crippen molar-refractivity contribution in [3.63, 3.8) is 0 Å². The number of nitrogens with zero attached hydrogens (tertiary/aromatic N) is 2. The fourth-order valence-corrected chi connectivity index (χ4v) is 2.62. The number of nitrogens with one attached hydrogen (secondary N) is 2. The molecule has 4 N–H and O–H groups in total. The first-order chi connectivity index (χ1) is 10.4. The summed E-state index contributed by atoms with van der Waals surface area (Å²) in [4.78, 5) is 30.7. The number of aromatic amines is 1. The highest BCUT2D eigenvalue weighted by molar-refractivity contribution is 5.90. The second-order valence-corrected chi connectivity index (χ2v) is 5.18. The minimum absolute atomic E-state index is 0.154. The van der Waals surface area contributed by atoms with Crippen LogP contribution in [-0.4, -0.2) is 50.2 Å². The number of carboxylic acid groups (broad SMARTS) is 1. The van der Waals surface area contributed by atoms with Gasteiger partial charge in [-0.15, -0.1) is 0 Å². The third-order valence-corrected chi connectivity index (χ3v) is 3.67. The average Bonchev–Trinajstić information content (AvgIpc) is 2.86. The lowest BCUT2D eigenvalue weighted by Gasteiger charge is -2.46. The van der Waals surface area contributed by atoms with Gasteiger partial charge < -0.3 is 20.1 Å². The number of rotatable bonds is 3. The van der Waals surface area contributed by atoms with Crippen LogP contribution < -0.4 is 5.32 Å². The van der Waals surface area contributed by atoms with Crippen LogP contribution in [0.25, 0.3) is 11.0 Å². The number of fused-ring (bicyclic) bond motifs is 1. The highest BCUT2D eigenvalue weighted by Gasteiger charge is 2.45. The molecule has 0 bridgehead atoms. The molecule has 0 aliphatic carbocycles. The molecule has 8 heteroatoms. The summed E-state index contributed by atoms with van der Waals surface area (Å²) in [6.07, 6.45) is 3.02. The van der Waals surface area contributed by atoms with Gasteiger partial charge in [0.2, 0.25) is 5.91 Å². The van der Waals surface area contributed by atoms with Crippen LogP contribution in [0, 0.1) is 0 Å². The molecule has 114 valence electrons. The molecule has 1 aliphatic rings. The quantitative estimate of drug-likeness (QED) is 0.627. The number of H-pyrrole nitrogens is 1. The highest BCUT2D eigenvalue weighted by atomic mass is 16.4. The third-order valence-electron chi connectivity index (χ3n) is 3.67. The van der Waals surface area contributed by atoms with E-state index in [0.29, 0.717) is 22.3 Å². The van der Waals surface area contributed by atoms with Gasteiger partial charge in [0.15, 0.2) is 0 Å². The molecule has 3 rings (SSSR count). The summed E-state index contributed by atoms with van der Waals surface area (Å²) in [6, 6.07) is 1.60. The van der Waals surface area contributed by atoms with Gasteiger partial charge in [0.05, 0.1) is 25.0 Å². The molecule has 22 heavy (non-hydrogen) atoms. The Bertz CT molecular complexity index is 776. The number of hydrogen-bond donors (Lipinski definition) is 4. The fraction of sp³-hybridized carbons (Fsp3) is 0.214. The van der Waals surface area contributed by atoms with Gasteiger partial charge in [-0.3, -0.25) is 10.1 Å². The number of hydrogen-bond acceptors (Lipinski definition) is 4. The zero-order chi connectivity index (χ0) is 15.9. The summed E-state index contributed by atoms with van der Waals surface area (Å²) in [5.74, 6) is -0.240. The molecule has 2 amide bonds. The molecule has 0 spiro atoms. The summed E-state index contributed by atoms with van der Waals surface area (Å²) in [6.45, 7) is 3.72. The Morgan fingerprint density at radius 1 is 1.50 bits per heavy atom. The Balaban J connectivity index is 1.93. The predicted molar refractivity (Wildman–Crippen MR) is 78.4 cm³/mol. The van der Waals surface area contributed by atoms with Crippen LogP contribution in [0.4, 0.5) is 10.5 Å². The molecule has 2 aromatic heterocycles. The highest BCUT2D eigenvalue weighted by Crippen LogP contribution is 2.36. The van der Waals surface area contributed by atoms with E-state index >= 15 is 0 Å². The van der Waals surface area contributed by atoms with Crippen LogP contribution in [0.15, 0.2) is 31.1 Å². The van der Waals surface area contributed by atoms with Crippen molar-refractivity contribution in [1.82, 2.24) is 14.9 Å². The van der Waals surface area contributed by atoms with Gasteiger partial charge >= 0.3 is 6.09 Å². The topological polar surface area (TPSA) is 119 Å². The SMILES string of the molecule is C=CC(=O)N1CC(O)(c2c[nH]c3ncc(NC(=O)O)cc23)C1. The monoisotopic (exact) mass is 302 g/mol. The van der Waals surface area contributed by atoms with Gasteiger partial charge in [0, 0.05) is 17.1 Å². The van der Waals surface area contributed by atoms with E-state index in [1.165, 1.54) is 17.2 Å². The number of anilines is 1. The Morgan fingerprint density at radius 3 is 2.86 bits per heavy atom. The minimum Gasteiger partial charge on any atom is -0.465 e. The van der Waals surface area contributed by atoms with Crippen LogP contribution in [0.2, 0.25) is 0 Å². The Kier molecular flexibility index (Phi) is 3.10. The molecule has 8 nitrogen and oxygen atoms in total.